The van der Waals surface area contributed by atoms with Gasteiger partial charge < -0.3 is 10.6 Å². The normalized spacial score (nSPS) is 21.4. The number of hydrogen-bond acceptors (Lipinski definition) is 3. The maximum atomic E-state index is 12.4. The first-order chi connectivity index (χ1) is 8.55. The quantitative estimate of drug-likeness (QED) is 0.857. The fourth-order valence-corrected chi connectivity index (χ4v) is 2.02. The summed E-state index contributed by atoms with van der Waals surface area (Å²) in [5.41, 5.74) is -0.712. The number of alkyl halides is 3. The van der Waals surface area contributed by atoms with Crippen molar-refractivity contribution in [3.63, 3.8) is 0 Å². The summed E-state index contributed by atoms with van der Waals surface area (Å²) in [7, 11) is 0. The third-order valence-corrected chi connectivity index (χ3v) is 3.02. The molecule has 1 atom stereocenters. The van der Waals surface area contributed by atoms with Crippen LogP contribution >= 0.6 is 0 Å². The molecule has 100 valence electrons. The summed E-state index contributed by atoms with van der Waals surface area (Å²) in [5, 5.41) is 6.46. The van der Waals surface area contributed by atoms with Crippen molar-refractivity contribution in [3.05, 3.63) is 23.9 Å². The molecule has 1 unspecified atom stereocenters. The Morgan fingerprint density at radius 3 is 2.72 bits per heavy atom. The van der Waals surface area contributed by atoms with Crippen LogP contribution in [-0.4, -0.2) is 24.1 Å². The van der Waals surface area contributed by atoms with Crippen LogP contribution in [0.5, 0.6) is 0 Å². The second-order valence-corrected chi connectivity index (χ2v) is 4.45. The first-order valence-corrected chi connectivity index (χ1v) is 6.06. The highest BCUT2D eigenvalue weighted by atomic mass is 19.4. The Kier molecular flexibility index (Phi) is 4.06. The molecule has 0 radical (unpaired) electrons. The molecule has 1 aromatic rings. The maximum Gasteiger partial charge on any atom is 0.417 e. The Morgan fingerprint density at radius 2 is 2.06 bits per heavy atom. The minimum Gasteiger partial charge on any atom is -0.367 e. The predicted molar refractivity (Wildman–Crippen MR) is 63.4 cm³/mol. The Bertz CT molecular complexity index is 367. The second kappa shape index (κ2) is 5.56. The highest BCUT2D eigenvalue weighted by Gasteiger charge is 2.30. The monoisotopic (exact) mass is 259 g/mol. The van der Waals surface area contributed by atoms with Crippen LogP contribution in [0.1, 0.15) is 24.8 Å². The van der Waals surface area contributed by atoms with Crippen LogP contribution in [0.2, 0.25) is 0 Å². The third-order valence-electron chi connectivity index (χ3n) is 3.02. The van der Waals surface area contributed by atoms with Crippen LogP contribution in [0.4, 0.5) is 19.0 Å². The maximum absolute atomic E-state index is 12.4. The number of anilines is 1. The van der Waals surface area contributed by atoms with Crippen molar-refractivity contribution in [2.45, 2.75) is 31.5 Å². The van der Waals surface area contributed by atoms with Crippen LogP contribution < -0.4 is 10.6 Å². The van der Waals surface area contributed by atoms with Gasteiger partial charge in [0.1, 0.15) is 5.82 Å². The molecule has 1 aliphatic rings. The van der Waals surface area contributed by atoms with E-state index in [2.05, 4.69) is 15.6 Å². The molecule has 0 amide bonds. The van der Waals surface area contributed by atoms with E-state index in [1.807, 2.05) is 0 Å². The molecule has 2 rings (SSSR count). The van der Waals surface area contributed by atoms with Gasteiger partial charge in [-0.1, -0.05) is 0 Å². The standard InChI is InChI=1S/C12H16F3N3/c13-12(14,15)9-3-4-11(17-8-9)18-10-2-1-6-16-7-5-10/h3-4,8,10,16H,1-2,5-7H2,(H,17,18). The molecule has 6 heteroatoms. The molecule has 0 aromatic carbocycles. The van der Waals surface area contributed by atoms with Crippen molar-refractivity contribution in [1.29, 1.82) is 0 Å². The lowest BCUT2D eigenvalue weighted by Gasteiger charge is -2.16. The fraction of sp³-hybridized carbons (Fsp3) is 0.583. The van der Waals surface area contributed by atoms with Crippen molar-refractivity contribution < 1.29 is 13.2 Å². The van der Waals surface area contributed by atoms with E-state index in [-0.39, 0.29) is 6.04 Å². The van der Waals surface area contributed by atoms with Crippen molar-refractivity contribution >= 4 is 5.82 Å². The Balaban J connectivity index is 1.97. The zero-order chi connectivity index (χ0) is 13.0. The van der Waals surface area contributed by atoms with Crippen molar-refractivity contribution in [1.82, 2.24) is 10.3 Å². The summed E-state index contributed by atoms with van der Waals surface area (Å²) in [6.45, 7) is 1.93. The van der Waals surface area contributed by atoms with Crippen LogP contribution in [0.15, 0.2) is 18.3 Å². The van der Waals surface area contributed by atoms with Gasteiger partial charge in [0.05, 0.1) is 5.56 Å². The van der Waals surface area contributed by atoms with Gasteiger partial charge in [0.25, 0.3) is 0 Å². The van der Waals surface area contributed by atoms with Crippen molar-refractivity contribution in [3.8, 4) is 0 Å². The molecule has 2 N–H and O–H groups in total. The highest BCUT2D eigenvalue weighted by Crippen LogP contribution is 2.29. The summed E-state index contributed by atoms with van der Waals surface area (Å²) in [5.74, 6) is 0.509. The number of rotatable bonds is 2. The number of nitrogens with zero attached hydrogens (tertiary/aromatic N) is 1. The Morgan fingerprint density at radius 1 is 1.22 bits per heavy atom. The molecule has 0 aliphatic carbocycles. The minimum absolute atomic E-state index is 0.282. The van der Waals surface area contributed by atoms with Gasteiger partial charge in [-0.15, -0.1) is 0 Å². The van der Waals surface area contributed by atoms with Gasteiger partial charge in [-0.25, -0.2) is 4.98 Å². The number of pyridine rings is 1. The predicted octanol–water partition coefficient (Wildman–Crippen LogP) is 2.65. The summed E-state index contributed by atoms with van der Waals surface area (Å²) in [4.78, 5) is 3.82. The summed E-state index contributed by atoms with van der Waals surface area (Å²) in [6.07, 6.45) is -0.411. The molecule has 1 fully saturated rings. The lowest BCUT2D eigenvalue weighted by molar-refractivity contribution is -0.137. The van der Waals surface area contributed by atoms with Gasteiger partial charge in [0, 0.05) is 12.2 Å². The van der Waals surface area contributed by atoms with E-state index in [0.717, 1.165) is 44.6 Å². The van der Waals surface area contributed by atoms with E-state index in [4.69, 9.17) is 0 Å². The SMILES string of the molecule is FC(F)(F)c1ccc(NC2CCCNCC2)nc1. The van der Waals surface area contributed by atoms with Gasteiger partial charge >= 0.3 is 6.18 Å². The minimum atomic E-state index is -4.32. The van der Waals surface area contributed by atoms with Crippen LogP contribution in [0, 0.1) is 0 Å². The molecule has 1 saturated heterocycles. The molecular formula is C12H16F3N3. The number of nitrogens with one attached hydrogen (secondary N) is 2. The summed E-state index contributed by atoms with van der Waals surface area (Å²) >= 11 is 0. The zero-order valence-corrected chi connectivity index (χ0v) is 9.93. The van der Waals surface area contributed by atoms with Crippen LogP contribution in [0.3, 0.4) is 0 Å². The van der Waals surface area contributed by atoms with Crippen LogP contribution in [-0.2, 0) is 6.18 Å². The summed E-state index contributed by atoms with van der Waals surface area (Å²) < 4.78 is 37.1. The van der Waals surface area contributed by atoms with E-state index in [9.17, 15) is 13.2 Å². The molecule has 2 heterocycles. The first-order valence-electron chi connectivity index (χ1n) is 6.06. The van der Waals surface area contributed by atoms with E-state index in [0.29, 0.717) is 5.82 Å². The van der Waals surface area contributed by atoms with E-state index < -0.39 is 11.7 Å². The van der Waals surface area contributed by atoms with Crippen LogP contribution in [0.25, 0.3) is 0 Å². The number of aromatic nitrogens is 1. The summed E-state index contributed by atoms with van der Waals surface area (Å²) in [6, 6.07) is 2.73. The van der Waals surface area contributed by atoms with Gasteiger partial charge in [0.2, 0.25) is 0 Å². The number of hydrogen-bond donors (Lipinski definition) is 2. The fourth-order valence-electron chi connectivity index (χ4n) is 2.02. The third kappa shape index (κ3) is 3.60. The lowest BCUT2D eigenvalue weighted by Crippen LogP contribution is -2.22. The Hall–Kier alpha value is -1.30. The smallest absolute Gasteiger partial charge is 0.367 e. The molecular weight excluding hydrogens is 243 g/mol. The van der Waals surface area contributed by atoms with Gasteiger partial charge in [0.15, 0.2) is 0 Å². The Labute approximate surface area is 104 Å². The average Bonchev–Trinajstić information content (AvgIpc) is 2.57. The molecule has 0 spiro atoms. The van der Waals surface area contributed by atoms with Gasteiger partial charge in [-0.3, -0.25) is 0 Å². The molecule has 1 aliphatic heterocycles. The van der Waals surface area contributed by atoms with Crippen molar-refractivity contribution in [2.75, 3.05) is 18.4 Å². The van der Waals surface area contributed by atoms with E-state index in [1.54, 1.807) is 0 Å². The van der Waals surface area contributed by atoms with E-state index in [1.165, 1.54) is 6.07 Å². The molecule has 0 bridgehead atoms. The molecule has 1 aromatic heterocycles. The average molecular weight is 259 g/mol. The zero-order valence-electron chi connectivity index (χ0n) is 9.93. The first kappa shape index (κ1) is 13.1. The molecule has 3 nitrogen and oxygen atoms in total. The topological polar surface area (TPSA) is 37.0 Å². The van der Waals surface area contributed by atoms with Gasteiger partial charge in [-0.2, -0.15) is 13.2 Å². The van der Waals surface area contributed by atoms with E-state index >= 15 is 0 Å². The molecule has 18 heavy (non-hydrogen) atoms. The van der Waals surface area contributed by atoms with Crippen molar-refractivity contribution in [2.24, 2.45) is 0 Å². The second-order valence-electron chi connectivity index (χ2n) is 4.45. The van der Waals surface area contributed by atoms with Gasteiger partial charge in [-0.05, 0) is 44.5 Å². The largest absolute Gasteiger partial charge is 0.417 e. The molecule has 0 saturated carbocycles. The number of halogens is 3. The lowest BCUT2D eigenvalue weighted by atomic mass is 10.1. The highest BCUT2D eigenvalue weighted by molar-refractivity contribution is 5.37.